The molecule has 0 radical (unpaired) electrons. The third kappa shape index (κ3) is 4.51. The van der Waals surface area contributed by atoms with Gasteiger partial charge >= 0.3 is 6.03 Å². The summed E-state index contributed by atoms with van der Waals surface area (Å²) in [4.78, 5) is 22.7. The van der Waals surface area contributed by atoms with E-state index in [0.717, 1.165) is 34.8 Å². The van der Waals surface area contributed by atoms with E-state index in [4.69, 9.17) is 16.6 Å². The second kappa shape index (κ2) is 8.87. The van der Waals surface area contributed by atoms with Crippen molar-refractivity contribution in [1.82, 2.24) is 10.2 Å². The number of aryl methyl sites for hydroxylation is 1. The molecule has 0 aliphatic carbocycles. The van der Waals surface area contributed by atoms with Gasteiger partial charge in [0, 0.05) is 40.7 Å². The van der Waals surface area contributed by atoms with Crippen LogP contribution in [0.5, 0.6) is 0 Å². The summed E-state index contributed by atoms with van der Waals surface area (Å²) >= 11 is 8.10. The number of nitrogens with one attached hydrogen (secondary N) is 1. The summed E-state index contributed by atoms with van der Waals surface area (Å²) in [7, 11) is 3.99. The van der Waals surface area contributed by atoms with Gasteiger partial charge in [-0.1, -0.05) is 36.7 Å². The van der Waals surface area contributed by atoms with Crippen LogP contribution in [0, 0.1) is 0 Å². The van der Waals surface area contributed by atoms with Crippen molar-refractivity contribution >= 4 is 39.7 Å². The van der Waals surface area contributed by atoms with E-state index in [-0.39, 0.29) is 6.03 Å². The quantitative estimate of drug-likeness (QED) is 0.821. The van der Waals surface area contributed by atoms with Crippen LogP contribution in [0.4, 0.5) is 9.80 Å². The Bertz CT molecular complexity index is 846. The fraction of sp³-hybridized carbons (Fsp3) is 0.400. The number of rotatable bonds is 5. The Morgan fingerprint density at radius 2 is 2.11 bits per heavy atom. The third-order valence-corrected chi connectivity index (χ3v) is 6.05. The van der Waals surface area contributed by atoms with Gasteiger partial charge in [0.05, 0.1) is 12.3 Å². The number of urea groups is 1. The molecule has 1 aliphatic rings. The molecule has 0 spiro atoms. The third-order valence-electron chi connectivity index (χ3n) is 4.42. The topological polar surface area (TPSA) is 47.9 Å². The highest BCUT2D eigenvalue weighted by Crippen LogP contribution is 2.36. The standard InChI is InChI=1S/C20H25ClN4OS/c1-4-14-13-16-18(15-7-5-6-8-17(15)21)22-10-12-25(19(16)27-14)20(26)23-9-11-24(2)3/h5-8,13H,4,9-12H2,1-3H3,(H,23,26). The molecular formula is C20H25ClN4OS. The molecule has 5 nitrogen and oxygen atoms in total. The average Bonchev–Trinajstić information content (AvgIpc) is 2.98. The number of likely N-dealkylation sites (N-methyl/N-ethyl adjacent to an activating group) is 1. The monoisotopic (exact) mass is 404 g/mol. The fourth-order valence-corrected chi connectivity index (χ4v) is 4.33. The Morgan fingerprint density at radius 3 is 2.81 bits per heavy atom. The van der Waals surface area contributed by atoms with Gasteiger partial charge in [-0.3, -0.25) is 9.89 Å². The molecule has 1 aliphatic heterocycles. The maximum Gasteiger partial charge on any atom is 0.322 e. The molecule has 144 valence electrons. The molecule has 0 atom stereocenters. The van der Waals surface area contributed by atoms with E-state index in [9.17, 15) is 4.79 Å². The van der Waals surface area contributed by atoms with Gasteiger partial charge in [-0.05, 0) is 32.6 Å². The average molecular weight is 405 g/mol. The molecule has 3 rings (SSSR count). The van der Waals surface area contributed by atoms with E-state index >= 15 is 0 Å². The molecular weight excluding hydrogens is 380 g/mol. The first-order valence-electron chi connectivity index (χ1n) is 9.13. The van der Waals surface area contributed by atoms with E-state index in [1.807, 2.05) is 48.2 Å². The lowest BCUT2D eigenvalue weighted by Gasteiger charge is -2.21. The van der Waals surface area contributed by atoms with Crippen LogP contribution < -0.4 is 10.2 Å². The van der Waals surface area contributed by atoms with Crippen LogP contribution in [-0.4, -0.2) is 56.9 Å². The molecule has 1 aromatic heterocycles. The molecule has 2 amide bonds. The van der Waals surface area contributed by atoms with Crippen LogP contribution in [0.3, 0.4) is 0 Å². The number of carbonyl (C=O) groups is 1. The Labute approximate surface area is 169 Å². The Hall–Kier alpha value is -1.89. The van der Waals surface area contributed by atoms with Crippen LogP contribution in [-0.2, 0) is 6.42 Å². The van der Waals surface area contributed by atoms with Crippen molar-refractivity contribution in [3.05, 3.63) is 51.4 Å². The van der Waals surface area contributed by atoms with Crippen molar-refractivity contribution in [2.45, 2.75) is 13.3 Å². The summed E-state index contributed by atoms with van der Waals surface area (Å²) in [5.41, 5.74) is 2.77. The van der Waals surface area contributed by atoms with E-state index in [2.05, 4.69) is 18.3 Å². The van der Waals surface area contributed by atoms with Crippen molar-refractivity contribution in [1.29, 1.82) is 0 Å². The largest absolute Gasteiger partial charge is 0.336 e. The van der Waals surface area contributed by atoms with Gasteiger partial charge < -0.3 is 10.2 Å². The van der Waals surface area contributed by atoms with Crippen molar-refractivity contribution in [3.8, 4) is 0 Å². The highest BCUT2D eigenvalue weighted by atomic mass is 35.5. The minimum Gasteiger partial charge on any atom is -0.336 e. The first kappa shape index (κ1) is 19.9. The number of nitrogens with zero attached hydrogens (tertiary/aromatic N) is 3. The maximum atomic E-state index is 12.8. The lowest BCUT2D eigenvalue weighted by molar-refractivity contribution is 0.245. The van der Waals surface area contributed by atoms with Gasteiger partial charge in [0.1, 0.15) is 5.00 Å². The SMILES string of the molecule is CCc1cc2c(s1)N(C(=O)NCCN(C)C)CCN=C2c1ccccc1Cl. The predicted octanol–water partition coefficient (Wildman–Crippen LogP) is 3.89. The van der Waals surface area contributed by atoms with Gasteiger partial charge in [-0.25, -0.2) is 4.79 Å². The van der Waals surface area contributed by atoms with Crippen LogP contribution in [0.2, 0.25) is 5.02 Å². The molecule has 0 fully saturated rings. The number of hydrogen-bond donors (Lipinski definition) is 1. The predicted molar refractivity (Wildman–Crippen MR) is 115 cm³/mol. The molecule has 27 heavy (non-hydrogen) atoms. The number of halogens is 1. The van der Waals surface area contributed by atoms with Crippen LogP contribution in [0.25, 0.3) is 0 Å². The Kier molecular flexibility index (Phi) is 6.52. The molecule has 0 unspecified atom stereocenters. The van der Waals surface area contributed by atoms with Crippen molar-refractivity contribution < 1.29 is 4.79 Å². The molecule has 2 heterocycles. The lowest BCUT2D eigenvalue weighted by Crippen LogP contribution is -2.43. The number of carbonyl (C=O) groups excluding carboxylic acids is 1. The first-order chi connectivity index (χ1) is 13.0. The smallest absolute Gasteiger partial charge is 0.322 e. The minimum absolute atomic E-state index is 0.0711. The summed E-state index contributed by atoms with van der Waals surface area (Å²) in [6.45, 7) is 4.64. The van der Waals surface area contributed by atoms with Gasteiger partial charge in [0.15, 0.2) is 0 Å². The number of aliphatic imine (C=N–C) groups is 1. The number of thiophene rings is 1. The van der Waals surface area contributed by atoms with E-state index in [1.165, 1.54) is 4.88 Å². The summed E-state index contributed by atoms with van der Waals surface area (Å²) in [6, 6.07) is 9.82. The number of anilines is 1. The zero-order valence-corrected chi connectivity index (χ0v) is 17.5. The molecule has 0 bridgehead atoms. The molecule has 2 aromatic rings. The number of hydrogen-bond acceptors (Lipinski definition) is 4. The number of benzene rings is 1. The second-order valence-electron chi connectivity index (χ2n) is 6.68. The van der Waals surface area contributed by atoms with Crippen molar-refractivity contribution in [3.63, 3.8) is 0 Å². The van der Waals surface area contributed by atoms with Crippen molar-refractivity contribution in [2.24, 2.45) is 4.99 Å². The summed E-state index contributed by atoms with van der Waals surface area (Å²) in [5, 5.41) is 4.65. The van der Waals surface area contributed by atoms with Gasteiger partial charge in [0.25, 0.3) is 0 Å². The van der Waals surface area contributed by atoms with E-state index in [0.29, 0.717) is 24.7 Å². The highest BCUT2D eigenvalue weighted by Gasteiger charge is 2.27. The summed E-state index contributed by atoms with van der Waals surface area (Å²) in [5.74, 6) is 0. The zero-order valence-electron chi connectivity index (χ0n) is 16.0. The normalized spacial score (nSPS) is 14.0. The maximum absolute atomic E-state index is 12.8. The molecule has 1 N–H and O–H groups in total. The molecule has 0 saturated carbocycles. The molecule has 1 aromatic carbocycles. The summed E-state index contributed by atoms with van der Waals surface area (Å²) in [6.07, 6.45) is 0.920. The van der Waals surface area contributed by atoms with Gasteiger partial charge in [-0.15, -0.1) is 11.3 Å². The van der Waals surface area contributed by atoms with Crippen LogP contribution >= 0.6 is 22.9 Å². The molecule has 7 heteroatoms. The lowest BCUT2D eigenvalue weighted by atomic mass is 10.0. The van der Waals surface area contributed by atoms with Crippen LogP contribution in [0.15, 0.2) is 35.3 Å². The van der Waals surface area contributed by atoms with E-state index < -0.39 is 0 Å². The number of amides is 2. The minimum atomic E-state index is -0.0711. The second-order valence-corrected chi connectivity index (χ2v) is 8.20. The van der Waals surface area contributed by atoms with E-state index in [1.54, 1.807) is 11.3 Å². The fourth-order valence-electron chi connectivity index (χ4n) is 2.98. The van der Waals surface area contributed by atoms with Crippen molar-refractivity contribution in [2.75, 3.05) is 45.2 Å². The highest BCUT2D eigenvalue weighted by molar-refractivity contribution is 7.16. The van der Waals surface area contributed by atoms with Crippen LogP contribution in [0.1, 0.15) is 22.9 Å². The first-order valence-corrected chi connectivity index (χ1v) is 10.3. The van der Waals surface area contributed by atoms with Gasteiger partial charge in [-0.2, -0.15) is 0 Å². The Morgan fingerprint density at radius 1 is 1.33 bits per heavy atom. The zero-order chi connectivity index (χ0) is 19.4. The summed E-state index contributed by atoms with van der Waals surface area (Å²) < 4.78 is 0. The molecule has 0 saturated heterocycles. The Balaban J connectivity index is 1.94. The van der Waals surface area contributed by atoms with Gasteiger partial charge in [0.2, 0.25) is 0 Å². The number of fused-ring (bicyclic) bond motifs is 1.